The van der Waals surface area contributed by atoms with Gasteiger partial charge in [0.1, 0.15) is 12.0 Å². The third-order valence-electron chi connectivity index (χ3n) is 2.05. The van der Waals surface area contributed by atoms with Crippen LogP contribution in [0.4, 0.5) is 0 Å². The molecule has 0 saturated heterocycles. The fourth-order valence-corrected chi connectivity index (χ4v) is 1.44. The summed E-state index contributed by atoms with van der Waals surface area (Å²) in [5.74, 6) is 0.188. The van der Waals surface area contributed by atoms with Gasteiger partial charge in [0.25, 0.3) is 0 Å². The Morgan fingerprint density at radius 1 is 1.50 bits per heavy atom. The highest BCUT2D eigenvalue weighted by molar-refractivity contribution is 5.86. The molecule has 0 fully saturated rings. The Labute approximate surface area is 70.2 Å². The van der Waals surface area contributed by atoms with Gasteiger partial charge in [0.2, 0.25) is 0 Å². The predicted octanol–water partition coefficient (Wildman–Crippen LogP) is 0.0696. The number of allylic oxidation sites excluding steroid dienone is 4. The van der Waals surface area contributed by atoms with Crippen molar-refractivity contribution in [1.82, 2.24) is 0 Å². The van der Waals surface area contributed by atoms with Gasteiger partial charge >= 0.3 is 0 Å². The Balaban J connectivity index is 2.34. The van der Waals surface area contributed by atoms with Crippen LogP contribution in [-0.4, -0.2) is 5.78 Å². The average molecular weight is 163 g/mol. The number of quaternary nitrogens is 1. The van der Waals surface area contributed by atoms with Crippen molar-refractivity contribution in [1.29, 1.82) is 0 Å². The van der Waals surface area contributed by atoms with Crippen molar-refractivity contribution < 1.29 is 9.86 Å². The minimum absolute atomic E-state index is 0.0168. The summed E-state index contributed by atoms with van der Waals surface area (Å²) >= 11 is 0. The lowest BCUT2D eigenvalue weighted by atomic mass is 9.92. The molecule has 2 aliphatic rings. The molecule has 1 aliphatic heterocycles. The summed E-state index contributed by atoms with van der Waals surface area (Å²) in [6.07, 6.45) is 7.66. The maximum Gasteiger partial charge on any atom is 0.141 e. The topological polar surface area (TPSA) is 44.6 Å². The summed E-state index contributed by atoms with van der Waals surface area (Å²) in [4.78, 5) is 11.0. The van der Waals surface area contributed by atoms with E-state index in [2.05, 4.69) is 0 Å². The second-order valence-corrected chi connectivity index (χ2v) is 2.98. The Bertz CT molecular complexity index is 312. The van der Waals surface area contributed by atoms with E-state index in [4.69, 9.17) is 0 Å². The Morgan fingerprint density at radius 3 is 3.17 bits per heavy atom. The van der Waals surface area contributed by atoms with Crippen LogP contribution < -0.4 is 5.06 Å². The van der Waals surface area contributed by atoms with Gasteiger partial charge in [0, 0.05) is 18.4 Å². The first kappa shape index (κ1) is 7.46. The first-order valence-corrected chi connectivity index (χ1v) is 3.90. The summed E-state index contributed by atoms with van der Waals surface area (Å²) in [6.45, 7) is 0. The van der Waals surface area contributed by atoms with Crippen molar-refractivity contribution in [2.24, 2.45) is 0 Å². The monoisotopic (exact) mass is 163 g/mol. The number of hydrogen-bond donors (Lipinski definition) is 1. The van der Waals surface area contributed by atoms with Gasteiger partial charge in [-0.1, -0.05) is 6.08 Å². The third kappa shape index (κ3) is 1.24. The molecule has 0 aromatic heterocycles. The smallest absolute Gasteiger partial charge is 0.141 e. The summed E-state index contributed by atoms with van der Waals surface area (Å²) in [7, 11) is 0. The van der Waals surface area contributed by atoms with Crippen LogP contribution in [0.25, 0.3) is 0 Å². The Kier molecular flexibility index (Phi) is 1.67. The van der Waals surface area contributed by atoms with Crippen molar-refractivity contribution in [2.45, 2.75) is 12.8 Å². The zero-order valence-corrected chi connectivity index (χ0v) is 6.54. The molecule has 3 heteroatoms. The average Bonchev–Trinajstić information content (AvgIpc) is 2.03. The standard InChI is InChI=1S/C9H9NO2/c11-9-2-1-7-3-4-10(12)6-8(7)5-9/h1,3-4,6,10H,2,5H2. The second-order valence-electron chi connectivity index (χ2n) is 2.98. The van der Waals surface area contributed by atoms with Crippen molar-refractivity contribution in [3.8, 4) is 0 Å². The number of ketones is 1. The van der Waals surface area contributed by atoms with Crippen LogP contribution in [0.2, 0.25) is 0 Å². The first-order chi connectivity index (χ1) is 5.75. The van der Waals surface area contributed by atoms with Crippen LogP contribution in [0.15, 0.2) is 35.7 Å². The van der Waals surface area contributed by atoms with Crippen LogP contribution >= 0.6 is 0 Å². The maximum atomic E-state index is 11.0. The number of hydrogen-bond acceptors (Lipinski definition) is 2. The highest BCUT2D eigenvalue weighted by Gasteiger charge is 2.18. The molecule has 0 saturated carbocycles. The lowest BCUT2D eigenvalue weighted by Gasteiger charge is -2.21. The van der Waals surface area contributed by atoms with E-state index in [1.165, 1.54) is 6.20 Å². The SMILES string of the molecule is O=C1CC=C2C=C[NH+]([O-])C=C2C1. The van der Waals surface area contributed by atoms with E-state index in [1.54, 1.807) is 12.3 Å². The minimum atomic E-state index is -0.0168. The van der Waals surface area contributed by atoms with Crippen molar-refractivity contribution in [3.63, 3.8) is 0 Å². The summed E-state index contributed by atoms with van der Waals surface area (Å²) in [6, 6.07) is 0. The lowest BCUT2D eigenvalue weighted by molar-refractivity contribution is -0.731. The highest BCUT2D eigenvalue weighted by Crippen LogP contribution is 2.22. The predicted molar refractivity (Wildman–Crippen MR) is 43.9 cm³/mol. The van der Waals surface area contributed by atoms with E-state index < -0.39 is 0 Å². The molecule has 0 bridgehead atoms. The normalized spacial score (nSPS) is 27.8. The van der Waals surface area contributed by atoms with E-state index in [9.17, 15) is 10.0 Å². The van der Waals surface area contributed by atoms with Crippen LogP contribution in [-0.2, 0) is 4.79 Å². The second kappa shape index (κ2) is 2.69. The molecule has 0 spiro atoms. The van der Waals surface area contributed by atoms with Crippen molar-refractivity contribution in [2.75, 3.05) is 0 Å². The fraction of sp³-hybridized carbons (Fsp3) is 0.222. The summed E-state index contributed by atoms with van der Waals surface area (Å²) in [5, 5.41) is 10.9. The number of hydroxylamine groups is 2. The quantitative estimate of drug-likeness (QED) is 0.513. The molecule has 0 aromatic rings. The molecule has 1 N–H and O–H groups in total. The summed E-state index contributed by atoms with van der Waals surface area (Å²) < 4.78 is 0. The van der Waals surface area contributed by atoms with Gasteiger partial charge in [-0.25, -0.2) is 0 Å². The van der Waals surface area contributed by atoms with Gasteiger partial charge in [-0.3, -0.25) is 4.79 Å². The molecule has 0 radical (unpaired) electrons. The molecule has 0 aromatic carbocycles. The number of Topliss-reactive ketones (excluding diaryl/α,β-unsaturated/α-hetero) is 1. The molecule has 1 aliphatic carbocycles. The molecule has 1 atom stereocenters. The first-order valence-electron chi connectivity index (χ1n) is 3.90. The lowest BCUT2D eigenvalue weighted by Crippen LogP contribution is -2.97. The maximum absolute atomic E-state index is 11.0. The number of fused-ring (bicyclic) bond motifs is 1. The largest absolute Gasteiger partial charge is 0.624 e. The molecule has 62 valence electrons. The molecule has 1 heterocycles. The van der Waals surface area contributed by atoms with E-state index in [0.29, 0.717) is 12.8 Å². The van der Waals surface area contributed by atoms with Crippen molar-refractivity contribution >= 4 is 5.78 Å². The van der Waals surface area contributed by atoms with Gasteiger partial charge in [-0.05, 0) is 11.6 Å². The van der Waals surface area contributed by atoms with Gasteiger partial charge in [-0.15, -0.1) is 0 Å². The Morgan fingerprint density at radius 2 is 2.33 bits per heavy atom. The zero-order valence-electron chi connectivity index (χ0n) is 6.54. The molecule has 2 rings (SSSR count). The van der Waals surface area contributed by atoms with E-state index in [0.717, 1.165) is 11.1 Å². The fourth-order valence-electron chi connectivity index (χ4n) is 1.44. The third-order valence-corrected chi connectivity index (χ3v) is 2.05. The minimum Gasteiger partial charge on any atom is -0.624 e. The van der Waals surface area contributed by atoms with E-state index in [1.807, 2.05) is 6.08 Å². The number of carbonyl (C=O) groups excluding carboxylic acids is 1. The van der Waals surface area contributed by atoms with Crippen molar-refractivity contribution in [3.05, 3.63) is 40.9 Å². The number of nitrogens with one attached hydrogen (secondary N) is 1. The van der Waals surface area contributed by atoms with Gasteiger partial charge in [0.15, 0.2) is 0 Å². The van der Waals surface area contributed by atoms with Crippen LogP contribution in [0.1, 0.15) is 12.8 Å². The summed E-state index contributed by atoms with van der Waals surface area (Å²) in [5.41, 5.74) is 1.91. The van der Waals surface area contributed by atoms with Gasteiger partial charge in [-0.2, -0.15) is 0 Å². The van der Waals surface area contributed by atoms with Gasteiger partial charge in [0.05, 0.1) is 6.20 Å². The van der Waals surface area contributed by atoms with E-state index in [-0.39, 0.29) is 10.8 Å². The van der Waals surface area contributed by atoms with Crippen LogP contribution in [0.3, 0.4) is 0 Å². The van der Waals surface area contributed by atoms with Crippen LogP contribution in [0, 0.1) is 5.21 Å². The molecular formula is C9H9NO2. The van der Waals surface area contributed by atoms with E-state index >= 15 is 0 Å². The van der Waals surface area contributed by atoms with Crippen LogP contribution in [0.5, 0.6) is 0 Å². The molecule has 1 unspecified atom stereocenters. The zero-order chi connectivity index (χ0) is 8.55. The molecule has 0 amide bonds. The Hall–Kier alpha value is -1.19. The molecule has 3 nitrogen and oxygen atoms in total. The number of rotatable bonds is 0. The highest BCUT2D eigenvalue weighted by atomic mass is 16.5. The molecule has 12 heavy (non-hydrogen) atoms. The van der Waals surface area contributed by atoms with Gasteiger partial charge < -0.3 is 10.3 Å². The molecular weight excluding hydrogens is 154 g/mol. The number of carbonyl (C=O) groups is 1.